The molecule has 1 rings (SSSR count). The number of esters is 1. The van der Waals surface area contributed by atoms with E-state index in [4.69, 9.17) is 4.74 Å². The highest BCUT2D eigenvalue weighted by Gasteiger charge is 2.16. The van der Waals surface area contributed by atoms with Gasteiger partial charge in [-0.05, 0) is 20.0 Å². The lowest BCUT2D eigenvalue weighted by molar-refractivity contribution is -0.383. The number of rotatable bonds is 7. The van der Waals surface area contributed by atoms with Crippen LogP contribution in [0.15, 0.2) is 24.3 Å². The Morgan fingerprint density at radius 1 is 1.33 bits per heavy atom. The molecular weight excluding hydrogens is 278 g/mol. The van der Waals surface area contributed by atoms with Gasteiger partial charge in [-0.3, -0.25) is 24.6 Å². The van der Waals surface area contributed by atoms with Gasteiger partial charge in [0.2, 0.25) is 5.91 Å². The molecule has 0 saturated carbocycles. The van der Waals surface area contributed by atoms with Crippen LogP contribution in [0.4, 0.5) is 11.4 Å². The molecule has 1 N–H and O–H groups in total. The molecule has 21 heavy (non-hydrogen) atoms. The van der Waals surface area contributed by atoms with Crippen LogP contribution in [-0.4, -0.2) is 48.4 Å². The first-order chi connectivity index (χ1) is 9.93. The second-order valence-corrected chi connectivity index (χ2v) is 4.30. The predicted molar refractivity (Wildman–Crippen MR) is 75.9 cm³/mol. The molecule has 114 valence electrons. The average molecular weight is 295 g/mol. The molecule has 0 heterocycles. The first kappa shape index (κ1) is 16.6. The van der Waals surface area contributed by atoms with Crippen LogP contribution in [0.5, 0.6) is 0 Å². The van der Waals surface area contributed by atoms with Gasteiger partial charge in [0.25, 0.3) is 5.69 Å². The minimum absolute atomic E-state index is 0.0296. The third-order valence-electron chi connectivity index (χ3n) is 2.49. The van der Waals surface area contributed by atoms with Crippen LogP contribution < -0.4 is 5.32 Å². The molecule has 0 aromatic heterocycles. The highest BCUT2D eigenvalue weighted by molar-refractivity contribution is 5.94. The summed E-state index contributed by atoms with van der Waals surface area (Å²) in [4.78, 5) is 34.8. The molecular formula is C13H17N3O5. The number of likely N-dealkylation sites (N-methyl/N-ethyl adjacent to an activating group) is 1. The molecule has 1 aromatic carbocycles. The Morgan fingerprint density at radius 3 is 2.62 bits per heavy atom. The Bertz CT molecular complexity index is 532. The van der Waals surface area contributed by atoms with E-state index in [1.54, 1.807) is 20.0 Å². The number of carbonyl (C=O) groups is 2. The Labute approximate surface area is 121 Å². The van der Waals surface area contributed by atoms with E-state index in [2.05, 4.69) is 5.32 Å². The largest absolute Gasteiger partial charge is 0.465 e. The summed E-state index contributed by atoms with van der Waals surface area (Å²) in [6.45, 7) is 1.86. The molecule has 0 atom stereocenters. The summed E-state index contributed by atoms with van der Waals surface area (Å²) in [6.07, 6.45) is 0. The fraction of sp³-hybridized carbons (Fsp3) is 0.385. The van der Waals surface area contributed by atoms with Gasteiger partial charge in [-0.2, -0.15) is 0 Å². The van der Waals surface area contributed by atoms with Crippen molar-refractivity contribution in [2.24, 2.45) is 0 Å². The highest BCUT2D eigenvalue weighted by atomic mass is 16.6. The van der Waals surface area contributed by atoms with E-state index < -0.39 is 16.8 Å². The zero-order chi connectivity index (χ0) is 15.8. The number of hydrogen-bond acceptors (Lipinski definition) is 6. The number of nitrogens with one attached hydrogen (secondary N) is 1. The van der Waals surface area contributed by atoms with Crippen LogP contribution in [0.2, 0.25) is 0 Å². The second-order valence-electron chi connectivity index (χ2n) is 4.30. The summed E-state index contributed by atoms with van der Waals surface area (Å²) >= 11 is 0. The summed E-state index contributed by atoms with van der Waals surface area (Å²) in [6, 6.07) is 5.85. The topological polar surface area (TPSA) is 102 Å². The van der Waals surface area contributed by atoms with E-state index in [9.17, 15) is 19.7 Å². The van der Waals surface area contributed by atoms with Crippen LogP contribution in [0.25, 0.3) is 0 Å². The Balaban J connectivity index is 2.58. The number of nitro benzene ring substituents is 1. The quantitative estimate of drug-likeness (QED) is 0.458. The van der Waals surface area contributed by atoms with E-state index in [1.165, 1.54) is 23.1 Å². The first-order valence-corrected chi connectivity index (χ1v) is 6.31. The van der Waals surface area contributed by atoms with Gasteiger partial charge >= 0.3 is 5.97 Å². The minimum Gasteiger partial charge on any atom is -0.465 e. The lowest BCUT2D eigenvalue weighted by Crippen LogP contribution is -2.34. The zero-order valence-corrected chi connectivity index (χ0v) is 11.9. The van der Waals surface area contributed by atoms with E-state index in [1.807, 2.05) is 0 Å². The minimum atomic E-state index is -0.571. The number of carbonyl (C=O) groups excluding carboxylic acids is 2. The summed E-state index contributed by atoms with van der Waals surface area (Å²) in [5, 5.41) is 13.3. The number of ether oxygens (including phenoxy) is 1. The summed E-state index contributed by atoms with van der Waals surface area (Å²) in [5.41, 5.74) is -0.0593. The SMILES string of the molecule is CCOC(=O)CN(C)CC(=O)Nc1ccccc1[N+](=O)[O-]. The molecule has 0 aliphatic carbocycles. The molecule has 0 fully saturated rings. The number of nitro groups is 1. The molecule has 1 amide bonds. The van der Waals surface area contributed by atoms with Crippen molar-refractivity contribution in [3.05, 3.63) is 34.4 Å². The molecule has 0 aliphatic heterocycles. The summed E-state index contributed by atoms with van der Waals surface area (Å²) < 4.78 is 4.76. The van der Waals surface area contributed by atoms with Gasteiger partial charge in [0.15, 0.2) is 0 Å². The number of nitrogens with zero attached hydrogens (tertiary/aromatic N) is 2. The number of benzene rings is 1. The smallest absolute Gasteiger partial charge is 0.320 e. The molecule has 0 unspecified atom stereocenters. The van der Waals surface area contributed by atoms with Gasteiger partial charge in [0, 0.05) is 6.07 Å². The van der Waals surface area contributed by atoms with Gasteiger partial charge in [-0.15, -0.1) is 0 Å². The number of amides is 1. The van der Waals surface area contributed by atoms with Crippen molar-refractivity contribution in [3.8, 4) is 0 Å². The fourth-order valence-electron chi connectivity index (χ4n) is 1.66. The maximum absolute atomic E-state index is 11.8. The maximum Gasteiger partial charge on any atom is 0.320 e. The lowest BCUT2D eigenvalue weighted by Gasteiger charge is -2.15. The van der Waals surface area contributed by atoms with E-state index in [0.29, 0.717) is 0 Å². The monoisotopic (exact) mass is 295 g/mol. The number of hydrogen-bond donors (Lipinski definition) is 1. The van der Waals surface area contributed by atoms with Crippen molar-refractivity contribution < 1.29 is 19.2 Å². The molecule has 0 saturated heterocycles. The molecule has 0 aliphatic rings. The number of anilines is 1. The fourth-order valence-corrected chi connectivity index (χ4v) is 1.66. The molecule has 8 nitrogen and oxygen atoms in total. The molecule has 8 heteroatoms. The van der Waals surface area contributed by atoms with E-state index in [0.717, 1.165) is 0 Å². The van der Waals surface area contributed by atoms with Crippen molar-refractivity contribution in [1.29, 1.82) is 0 Å². The second kappa shape index (κ2) is 7.95. The summed E-state index contributed by atoms with van der Waals surface area (Å²) in [5.74, 6) is -0.880. The van der Waals surface area contributed by atoms with Crippen molar-refractivity contribution in [2.45, 2.75) is 6.92 Å². The van der Waals surface area contributed by atoms with Crippen molar-refractivity contribution in [1.82, 2.24) is 4.90 Å². The zero-order valence-electron chi connectivity index (χ0n) is 11.9. The van der Waals surface area contributed by atoms with Crippen molar-refractivity contribution in [3.63, 3.8) is 0 Å². The third kappa shape index (κ3) is 5.57. The van der Waals surface area contributed by atoms with Gasteiger partial charge in [-0.25, -0.2) is 0 Å². The average Bonchev–Trinajstić information content (AvgIpc) is 2.38. The molecule has 1 aromatic rings. The normalized spacial score (nSPS) is 10.2. The van der Waals surface area contributed by atoms with Crippen LogP contribution in [0.3, 0.4) is 0 Å². The predicted octanol–water partition coefficient (Wildman–Crippen LogP) is 1.03. The summed E-state index contributed by atoms with van der Waals surface area (Å²) in [7, 11) is 1.58. The highest BCUT2D eigenvalue weighted by Crippen LogP contribution is 2.22. The van der Waals surface area contributed by atoms with Gasteiger partial charge in [0.1, 0.15) is 5.69 Å². The number of para-hydroxylation sites is 2. The van der Waals surface area contributed by atoms with E-state index in [-0.39, 0.29) is 31.1 Å². The molecule has 0 bridgehead atoms. The maximum atomic E-state index is 11.8. The van der Waals surface area contributed by atoms with Gasteiger partial charge in [0.05, 0.1) is 24.6 Å². The van der Waals surface area contributed by atoms with Crippen LogP contribution in [0, 0.1) is 10.1 Å². The van der Waals surface area contributed by atoms with Gasteiger partial charge < -0.3 is 10.1 Å². The Morgan fingerprint density at radius 2 is 2.00 bits per heavy atom. The van der Waals surface area contributed by atoms with Crippen LogP contribution >= 0.6 is 0 Å². The first-order valence-electron chi connectivity index (χ1n) is 6.31. The molecule has 0 radical (unpaired) electrons. The Hall–Kier alpha value is -2.48. The lowest BCUT2D eigenvalue weighted by atomic mass is 10.2. The third-order valence-corrected chi connectivity index (χ3v) is 2.49. The van der Waals surface area contributed by atoms with Crippen molar-refractivity contribution in [2.75, 3.05) is 32.1 Å². The van der Waals surface area contributed by atoms with E-state index >= 15 is 0 Å². The van der Waals surface area contributed by atoms with Crippen molar-refractivity contribution >= 4 is 23.3 Å². The van der Waals surface area contributed by atoms with Crippen LogP contribution in [-0.2, 0) is 14.3 Å². The molecule has 0 spiro atoms. The standard InChI is InChI=1S/C13H17N3O5/c1-3-21-13(18)9-15(2)8-12(17)14-10-6-4-5-7-11(10)16(19)20/h4-7H,3,8-9H2,1-2H3,(H,14,17). The Kier molecular flexibility index (Phi) is 6.28. The van der Waals surface area contributed by atoms with Crippen LogP contribution in [0.1, 0.15) is 6.92 Å². The van der Waals surface area contributed by atoms with Gasteiger partial charge in [-0.1, -0.05) is 12.1 Å².